The number of carbonyl (C=O) groups is 2. The number of benzene rings is 2. The first-order valence-corrected chi connectivity index (χ1v) is 11.2. The van der Waals surface area contributed by atoms with Crippen molar-refractivity contribution in [2.75, 3.05) is 13.7 Å². The number of nitrogens with zero attached hydrogens (tertiary/aromatic N) is 2. The van der Waals surface area contributed by atoms with E-state index in [-0.39, 0.29) is 11.8 Å². The number of ether oxygens (including phenoxy) is 1. The van der Waals surface area contributed by atoms with Gasteiger partial charge in [-0.3, -0.25) is 9.59 Å². The summed E-state index contributed by atoms with van der Waals surface area (Å²) in [6.07, 6.45) is 0.889. The third kappa shape index (κ3) is 3.85. The van der Waals surface area contributed by atoms with Gasteiger partial charge in [0.1, 0.15) is 17.0 Å². The molecule has 168 valence electrons. The minimum atomic E-state index is -1.04. The number of amides is 2. The molecule has 0 aliphatic carbocycles. The molecule has 2 amide bonds. The van der Waals surface area contributed by atoms with E-state index in [2.05, 4.69) is 19.2 Å². The van der Waals surface area contributed by atoms with E-state index >= 15 is 0 Å². The Morgan fingerprint density at radius 3 is 2.62 bits per heavy atom. The minimum absolute atomic E-state index is 0.134. The lowest BCUT2D eigenvalue weighted by Crippen LogP contribution is -2.63. The number of carbonyl (C=O) groups excluding carboxylic acids is 2. The van der Waals surface area contributed by atoms with Gasteiger partial charge in [-0.15, -0.1) is 0 Å². The summed E-state index contributed by atoms with van der Waals surface area (Å²) in [5, 5.41) is 4.08. The van der Waals surface area contributed by atoms with Crippen LogP contribution < -0.4 is 10.1 Å². The second-order valence-electron chi connectivity index (χ2n) is 9.09. The highest BCUT2D eigenvalue weighted by atomic mass is 16.5. The van der Waals surface area contributed by atoms with E-state index in [9.17, 15) is 9.59 Å². The predicted octanol–water partition coefficient (Wildman–Crippen LogP) is 4.23. The van der Waals surface area contributed by atoms with Gasteiger partial charge in [0.15, 0.2) is 0 Å². The highest BCUT2D eigenvalue weighted by Crippen LogP contribution is 2.34. The quantitative estimate of drug-likeness (QED) is 0.607. The van der Waals surface area contributed by atoms with E-state index in [1.54, 1.807) is 12.0 Å². The first-order valence-electron chi connectivity index (χ1n) is 11.2. The van der Waals surface area contributed by atoms with Crippen LogP contribution in [0.2, 0.25) is 0 Å². The Morgan fingerprint density at radius 1 is 1.16 bits per heavy atom. The molecule has 6 nitrogen and oxygen atoms in total. The highest BCUT2D eigenvalue weighted by molar-refractivity contribution is 6.03. The summed E-state index contributed by atoms with van der Waals surface area (Å²) in [6, 6.07) is 17.5. The normalized spacial score (nSPS) is 18.2. The number of hydrogen-bond donors (Lipinski definition) is 1. The molecule has 1 aromatic heterocycles. The van der Waals surface area contributed by atoms with Gasteiger partial charge in [0.2, 0.25) is 5.91 Å². The summed E-state index contributed by atoms with van der Waals surface area (Å²) >= 11 is 0. The lowest BCUT2D eigenvalue weighted by atomic mass is 9.93. The second kappa shape index (κ2) is 8.69. The SMILES string of the molecule is COc1ccccc1CN1C(=O)c2cc3ccccc3n2C[C@]1(C)C(=O)NCCC(C)C. The Morgan fingerprint density at radius 2 is 1.88 bits per heavy atom. The van der Waals surface area contributed by atoms with Crippen molar-refractivity contribution < 1.29 is 14.3 Å². The maximum Gasteiger partial charge on any atom is 0.271 e. The van der Waals surface area contributed by atoms with E-state index in [1.807, 2.05) is 66.1 Å². The van der Waals surface area contributed by atoms with Crippen molar-refractivity contribution in [1.29, 1.82) is 0 Å². The average molecular weight is 434 g/mol. The van der Waals surface area contributed by atoms with Gasteiger partial charge < -0.3 is 19.5 Å². The number of methoxy groups -OCH3 is 1. The summed E-state index contributed by atoms with van der Waals surface area (Å²) < 4.78 is 7.50. The molecule has 0 spiro atoms. The highest BCUT2D eigenvalue weighted by Gasteiger charge is 2.47. The van der Waals surface area contributed by atoms with E-state index in [1.165, 1.54) is 0 Å². The molecular weight excluding hydrogens is 402 g/mol. The monoisotopic (exact) mass is 433 g/mol. The van der Waals surface area contributed by atoms with Crippen molar-refractivity contribution in [3.05, 3.63) is 65.9 Å². The van der Waals surface area contributed by atoms with Gasteiger partial charge in [0.25, 0.3) is 5.91 Å². The van der Waals surface area contributed by atoms with Crippen LogP contribution in [0.4, 0.5) is 0 Å². The largest absolute Gasteiger partial charge is 0.496 e. The second-order valence-corrected chi connectivity index (χ2v) is 9.09. The molecule has 1 aliphatic rings. The van der Waals surface area contributed by atoms with E-state index in [0.29, 0.717) is 37.0 Å². The van der Waals surface area contributed by atoms with Crippen LogP contribution >= 0.6 is 0 Å². The number of aromatic nitrogens is 1. The topological polar surface area (TPSA) is 63.6 Å². The van der Waals surface area contributed by atoms with Crippen LogP contribution in [-0.4, -0.2) is 40.5 Å². The number of fused-ring (bicyclic) bond motifs is 3. The van der Waals surface area contributed by atoms with Crippen molar-refractivity contribution in [2.45, 2.75) is 45.8 Å². The fourth-order valence-electron chi connectivity index (χ4n) is 4.42. The van der Waals surface area contributed by atoms with Crippen LogP contribution in [-0.2, 0) is 17.9 Å². The molecule has 0 fully saturated rings. The van der Waals surface area contributed by atoms with Crippen LogP contribution in [0, 0.1) is 5.92 Å². The van der Waals surface area contributed by atoms with Crippen molar-refractivity contribution in [3.8, 4) is 5.75 Å². The van der Waals surface area contributed by atoms with Crippen LogP contribution in [0.15, 0.2) is 54.6 Å². The maximum absolute atomic E-state index is 13.8. The van der Waals surface area contributed by atoms with Crippen LogP contribution in [0.3, 0.4) is 0 Å². The molecule has 6 heteroatoms. The summed E-state index contributed by atoms with van der Waals surface area (Å²) in [5.74, 6) is 0.902. The first kappa shape index (κ1) is 21.9. The first-order chi connectivity index (χ1) is 15.3. The lowest BCUT2D eigenvalue weighted by molar-refractivity contribution is -0.133. The Hall–Kier alpha value is -3.28. The molecule has 0 bridgehead atoms. The van der Waals surface area contributed by atoms with Gasteiger partial charge in [0.05, 0.1) is 20.2 Å². The van der Waals surface area contributed by atoms with Gasteiger partial charge in [-0.05, 0) is 37.5 Å². The minimum Gasteiger partial charge on any atom is -0.496 e. The third-order valence-electron chi connectivity index (χ3n) is 6.35. The zero-order valence-electron chi connectivity index (χ0n) is 19.2. The molecule has 0 unspecified atom stereocenters. The van der Waals surface area contributed by atoms with E-state index in [0.717, 1.165) is 22.9 Å². The summed E-state index contributed by atoms with van der Waals surface area (Å²) in [6.45, 7) is 7.39. The van der Waals surface area contributed by atoms with Gasteiger partial charge in [-0.25, -0.2) is 0 Å². The lowest BCUT2D eigenvalue weighted by Gasteiger charge is -2.44. The molecule has 2 aromatic carbocycles. The zero-order chi connectivity index (χ0) is 22.9. The van der Waals surface area contributed by atoms with Gasteiger partial charge in [0, 0.05) is 23.0 Å². The Bertz CT molecular complexity index is 1150. The molecule has 1 aliphatic heterocycles. The fourth-order valence-corrected chi connectivity index (χ4v) is 4.42. The van der Waals surface area contributed by atoms with Crippen LogP contribution in [0.1, 0.15) is 43.2 Å². The van der Waals surface area contributed by atoms with Crippen molar-refractivity contribution in [3.63, 3.8) is 0 Å². The molecular formula is C26H31N3O3. The molecule has 1 atom stereocenters. The molecule has 0 saturated carbocycles. The molecule has 0 radical (unpaired) electrons. The van der Waals surface area contributed by atoms with Crippen molar-refractivity contribution in [2.24, 2.45) is 5.92 Å². The van der Waals surface area contributed by atoms with Gasteiger partial charge in [-0.2, -0.15) is 0 Å². The summed E-state index contributed by atoms with van der Waals surface area (Å²) in [4.78, 5) is 29.0. The smallest absolute Gasteiger partial charge is 0.271 e. The van der Waals surface area contributed by atoms with Crippen LogP contribution in [0.5, 0.6) is 5.75 Å². The Kier molecular flexibility index (Phi) is 5.96. The standard InChI is InChI=1S/C26H31N3O3/c1-18(2)13-14-27-25(31)26(3)17-28-21-11-7-5-9-19(21)15-22(28)24(30)29(26)16-20-10-6-8-12-23(20)32-4/h5-12,15,18H,13-14,16-17H2,1-4H3,(H,27,31)/t26-/m1/s1. The number of nitrogens with one attached hydrogen (secondary N) is 1. The average Bonchev–Trinajstić information content (AvgIpc) is 3.15. The zero-order valence-corrected chi connectivity index (χ0v) is 19.2. The van der Waals surface area contributed by atoms with E-state index in [4.69, 9.17) is 4.74 Å². The Labute approximate surface area is 189 Å². The fraction of sp³-hybridized carbons (Fsp3) is 0.385. The molecule has 0 saturated heterocycles. The Balaban J connectivity index is 1.76. The van der Waals surface area contributed by atoms with Gasteiger partial charge >= 0.3 is 0 Å². The third-order valence-corrected chi connectivity index (χ3v) is 6.35. The van der Waals surface area contributed by atoms with Gasteiger partial charge in [-0.1, -0.05) is 50.2 Å². The maximum atomic E-state index is 13.8. The van der Waals surface area contributed by atoms with Crippen molar-refractivity contribution >= 4 is 22.7 Å². The van der Waals surface area contributed by atoms with E-state index < -0.39 is 5.54 Å². The molecule has 4 rings (SSSR count). The molecule has 3 aromatic rings. The molecule has 32 heavy (non-hydrogen) atoms. The molecule has 2 heterocycles. The van der Waals surface area contributed by atoms with Crippen LogP contribution in [0.25, 0.3) is 10.9 Å². The summed E-state index contributed by atoms with van der Waals surface area (Å²) in [5.41, 5.74) is 1.40. The molecule has 1 N–H and O–H groups in total. The number of para-hydroxylation sites is 2. The summed E-state index contributed by atoms with van der Waals surface area (Å²) in [7, 11) is 1.62. The predicted molar refractivity (Wildman–Crippen MR) is 126 cm³/mol. The number of hydrogen-bond acceptors (Lipinski definition) is 3. The van der Waals surface area contributed by atoms with Crippen molar-refractivity contribution in [1.82, 2.24) is 14.8 Å². The number of rotatable bonds is 7.